The zero-order chi connectivity index (χ0) is 13.5. The molecule has 6 heteroatoms. The second-order valence-electron chi connectivity index (χ2n) is 5.07. The van der Waals surface area contributed by atoms with E-state index < -0.39 is 0 Å². The Morgan fingerprint density at radius 2 is 2.05 bits per heavy atom. The van der Waals surface area contributed by atoms with Gasteiger partial charge in [0.05, 0.1) is 6.04 Å². The van der Waals surface area contributed by atoms with E-state index in [1.165, 1.54) is 0 Å². The minimum Gasteiger partial charge on any atom is -0.486 e. The standard InChI is InChI=1S/C14H16N4O2/c1-9-13-16-17-14(18(13)5-4-15-9)10-2-3-11-12(8-10)20-7-6-19-11/h2-3,8-9,15H,4-7H2,1H3. The van der Waals surface area contributed by atoms with Gasteiger partial charge in [-0.15, -0.1) is 10.2 Å². The minimum atomic E-state index is 0.238. The van der Waals surface area contributed by atoms with E-state index in [2.05, 4.69) is 27.0 Å². The molecule has 1 aromatic heterocycles. The van der Waals surface area contributed by atoms with Crippen molar-refractivity contribution in [3.05, 3.63) is 24.0 Å². The molecular formula is C14H16N4O2. The van der Waals surface area contributed by atoms with Crippen LogP contribution in [0.2, 0.25) is 0 Å². The number of nitrogens with one attached hydrogen (secondary N) is 1. The second kappa shape index (κ2) is 4.49. The van der Waals surface area contributed by atoms with Crippen molar-refractivity contribution in [2.75, 3.05) is 19.8 Å². The van der Waals surface area contributed by atoms with Crippen LogP contribution in [0.15, 0.2) is 18.2 Å². The fraction of sp³-hybridized carbons (Fsp3) is 0.429. The Kier molecular flexibility index (Phi) is 2.63. The smallest absolute Gasteiger partial charge is 0.164 e. The largest absolute Gasteiger partial charge is 0.486 e. The zero-order valence-electron chi connectivity index (χ0n) is 11.3. The van der Waals surface area contributed by atoms with Crippen LogP contribution in [0.3, 0.4) is 0 Å². The third-order valence-corrected chi connectivity index (χ3v) is 3.75. The lowest BCUT2D eigenvalue weighted by Crippen LogP contribution is -2.32. The number of rotatable bonds is 1. The Labute approximate surface area is 116 Å². The van der Waals surface area contributed by atoms with Gasteiger partial charge in [-0.2, -0.15) is 0 Å². The number of fused-ring (bicyclic) bond motifs is 2. The molecular weight excluding hydrogens is 256 g/mol. The first-order chi connectivity index (χ1) is 9.83. The Hall–Kier alpha value is -2.08. The average molecular weight is 272 g/mol. The maximum atomic E-state index is 5.63. The van der Waals surface area contributed by atoms with Gasteiger partial charge in [-0.25, -0.2) is 0 Å². The molecule has 0 aliphatic carbocycles. The third-order valence-electron chi connectivity index (χ3n) is 3.75. The summed E-state index contributed by atoms with van der Waals surface area (Å²) >= 11 is 0. The van der Waals surface area contributed by atoms with Gasteiger partial charge in [0.2, 0.25) is 0 Å². The summed E-state index contributed by atoms with van der Waals surface area (Å²) in [6, 6.07) is 6.17. The summed E-state index contributed by atoms with van der Waals surface area (Å²) in [5.41, 5.74) is 1.02. The second-order valence-corrected chi connectivity index (χ2v) is 5.07. The molecule has 0 spiro atoms. The Morgan fingerprint density at radius 3 is 2.95 bits per heavy atom. The lowest BCUT2D eigenvalue weighted by atomic mass is 10.1. The molecule has 1 N–H and O–H groups in total. The van der Waals surface area contributed by atoms with E-state index in [-0.39, 0.29) is 6.04 Å². The van der Waals surface area contributed by atoms with Crippen molar-refractivity contribution in [1.82, 2.24) is 20.1 Å². The van der Waals surface area contributed by atoms with Gasteiger partial charge in [0.15, 0.2) is 17.3 Å². The number of aromatic nitrogens is 3. The SMILES string of the molecule is CC1NCCn2c(-c3ccc4c(c3)OCCO4)nnc21. The van der Waals surface area contributed by atoms with Crippen LogP contribution in [0.5, 0.6) is 11.5 Å². The number of ether oxygens (including phenoxy) is 2. The highest BCUT2D eigenvalue weighted by Crippen LogP contribution is 2.34. The van der Waals surface area contributed by atoms with E-state index in [0.29, 0.717) is 13.2 Å². The van der Waals surface area contributed by atoms with Crippen molar-refractivity contribution in [2.45, 2.75) is 19.5 Å². The van der Waals surface area contributed by atoms with Crippen LogP contribution in [-0.4, -0.2) is 34.5 Å². The van der Waals surface area contributed by atoms with Gasteiger partial charge in [-0.1, -0.05) is 0 Å². The molecule has 1 aromatic carbocycles. The highest BCUT2D eigenvalue weighted by atomic mass is 16.6. The molecule has 3 heterocycles. The van der Waals surface area contributed by atoms with E-state index in [1.54, 1.807) is 0 Å². The molecule has 0 saturated heterocycles. The molecule has 0 bridgehead atoms. The van der Waals surface area contributed by atoms with E-state index >= 15 is 0 Å². The van der Waals surface area contributed by atoms with Crippen molar-refractivity contribution < 1.29 is 9.47 Å². The lowest BCUT2D eigenvalue weighted by molar-refractivity contribution is 0.171. The predicted octanol–water partition coefficient (Wildman–Crippen LogP) is 1.38. The summed E-state index contributed by atoms with van der Waals surface area (Å²) in [6.07, 6.45) is 0. The van der Waals surface area contributed by atoms with Gasteiger partial charge < -0.3 is 19.4 Å². The summed E-state index contributed by atoms with van der Waals surface area (Å²) in [5, 5.41) is 12.0. The first-order valence-electron chi connectivity index (χ1n) is 6.89. The summed E-state index contributed by atoms with van der Waals surface area (Å²) in [4.78, 5) is 0. The van der Waals surface area contributed by atoms with Gasteiger partial charge >= 0.3 is 0 Å². The number of hydrogen-bond acceptors (Lipinski definition) is 5. The van der Waals surface area contributed by atoms with Crippen molar-refractivity contribution in [3.63, 3.8) is 0 Å². The van der Waals surface area contributed by atoms with Gasteiger partial charge in [-0.3, -0.25) is 0 Å². The molecule has 6 nitrogen and oxygen atoms in total. The lowest BCUT2D eigenvalue weighted by Gasteiger charge is -2.22. The highest BCUT2D eigenvalue weighted by molar-refractivity contribution is 5.62. The molecule has 0 radical (unpaired) electrons. The molecule has 0 fully saturated rings. The Balaban J connectivity index is 1.78. The number of nitrogens with zero attached hydrogens (tertiary/aromatic N) is 3. The molecule has 104 valence electrons. The van der Waals surface area contributed by atoms with Crippen molar-refractivity contribution in [2.24, 2.45) is 0 Å². The van der Waals surface area contributed by atoms with E-state index in [9.17, 15) is 0 Å². The maximum Gasteiger partial charge on any atom is 0.164 e. The van der Waals surface area contributed by atoms with Crippen molar-refractivity contribution in [1.29, 1.82) is 0 Å². The molecule has 0 amide bonds. The third kappa shape index (κ3) is 1.76. The minimum absolute atomic E-state index is 0.238. The molecule has 2 aliphatic rings. The quantitative estimate of drug-likeness (QED) is 0.850. The zero-order valence-corrected chi connectivity index (χ0v) is 11.3. The number of hydrogen-bond donors (Lipinski definition) is 1. The fourth-order valence-corrected chi connectivity index (χ4v) is 2.74. The normalized spacial score (nSPS) is 20.6. The van der Waals surface area contributed by atoms with Crippen LogP contribution in [0, 0.1) is 0 Å². The molecule has 1 unspecified atom stereocenters. The summed E-state index contributed by atoms with van der Waals surface area (Å²) < 4.78 is 13.4. The average Bonchev–Trinajstić information content (AvgIpc) is 2.92. The monoisotopic (exact) mass is 272 g/mol. The topological polar surface area (TPSA) is 61.2 Å². The Bertz CT molecular complexity index is 653. The first-order valence-corrected chi connectivity index (χ1v) is 6.89. The number of benzene rings is 1. The summed E-state index contributed by atoms with van der Waals surface area (Å²) in [7, 11) is 0. The van der Waals surface area contributed by atoms with Crippen LogP contribution < -0.4 is 14.8 Å². The van der Waals surface area contributed by atoms with Gasteiger partial charge in [-0.05, 0) is 25.1 Å². The van der Waals surface area contributed by atoms with E-state index in [4.69, 9.17) is 9.47 Å². The van der Waals surface area contributed by atoms with Crippen LogP contribution in [0.4, 0.5) is 0 Å². The maximum absolute atomic E-state index is 5.63. The van der Waals surface area contributed by atoms with Crippen LogP contribution in [0.1, 0.15) is 18.8 Å². The predicted molar refractivity (Wildman–Crippen MR) is 72.9 cm³/mol. The summed E-state index contributed by atoms with van der Waals surface area (Å²) in [6.45, 7) is 5.12. The summed E-state index contributed by atoms with van der Waals surface area (Å²) in [5.74, 6) is 3.47. The van der Waals surface area contributed by atoms with Crippen LogP contribution in [-0.2, 0) is 6.54 Å². The first kappa shape index (κ1) is 11.7. The van der Waals surface area contributed by atoms with Gasteiger partial charge in [0.1, 0.15) is 19.0 Å². The van der Waals surface area contributed by atoms with E-state index in [0.717, 1.165) is 41.8 Å². The molecule has 2 aromatic rings. The molecule has 0 saturated carbocycles. The van der Waals surface area contributed by atoms with Gasteiger partial charge in [0.25, 0.3) is 0 Å². The van der Waals surface area contributed by atoms with Crippen molar-refractivity contribution in [3.8, 4) is 22.9 Å². The molecule has 4 rings (SSSR count). The molecule has 2 aliphatic heterocycles. The van der Waals surface area contributed by atoms with Crippen LogP contribution in [0.25, 0.3) is 11.4 Å². The van der Waals surface area contributed by atoms with Gasteiger partial charge in [0, 0.05) is 18.7 Å². The Morgan fingerprint density at radius 1 is 1.20 bits per heavy atom. The highest BCUT2D eigenvalue weighted by Gasteiger charge is 2.23. The molecule has 1 atom stereocenters. The van der Waals surface area contributed by atoms with E-state index in [1.807, 2.05) is 18.2 Å². The van der Waals surface area contributed by atoms with Crippen molar-refractivity contribution >= 4 is 0 Å². The van der Waals surface area contributed by atoms with Crippen LogP contribution >= 0.6 is 0 Å². The molecule has 20 heavy (non-hydrogen) atoms. The fourth-order valence-electron chi connectivity index (χ4n) is 2.74.